The molecule has 0 fully saturated rings. The average molecular weight is 387 g/mol. The van der Waals surface area contributed by atoms with E-state index in [1.54, 1.807) is 12.1 Å². The lowest BCUT2D eigenvalue weighted by Gasteiger charge is -2.09. The third-order valence-corrected chi connectivity index (χ3v) is 3.85. The second-order valence-corrected chi connectivity index (χ2v) is 5.84. The van der Waals surface area contributed by atoms with Gasteiger partial charge in [-0.1, -0.05) is 17.7 Å². The molecule has 0 aliphatic heterocycles. The van der Waals surface area contributed by atoms with Gasteiger partial charge in [0.25, 0.3) is 5.91 Å². The summed E-state index contributed by atoms with van der Waals surface area (Å²) >= 11 is 5.88. The standard InChI is InChI=1S/C19H16ClFN4O2/c1-2-27-13-8-6-12(7-9-13)22-16-10-11-17(25-24-16)23-19(26)18-14(20)4-3-5-15(18)21/h3-11H,2H2,1H3,(H,22,24)(H,23,25,26). The van der Waals surface area contributed by atoms with Crippen molar-refractivity contribution in [2.45, 2.75) is 6.92 Å². The number of carbonyl (C=O) groups is 1. The molecule has 6 nitrogen and oxygen atoms in total. The van der Waals surface area contributed by atoms with Gasteiger partial charge in [0.05, 0.1) is 17.2 Å². The number of hydrogen-bond acceptors (Lipinski definition) is 5. The first-order chi connectivity index (χ1) is 13.1. The summed E-state index contributed by atoms with van der Waals surface area (Å²) < 4.78 is 19.2. The second-order valence-electron chi connectivity index (χ2n) is 5.44. The molecule has 2 N–H and O–H groups in total. The zero-order valence-electron chi connectivity index (χ0n) is 14.4. The van der Waals surface area contributed by atoms with Crippen molar-refractivity contribution in [3.63, 3.8) is 0 Å². The minimum atomic E-state index is -0.707. The minimum absolute atomic E-state index is 0.0224. The normalized spacial score (nSPS) is 10.3. The lowest BCUT2D eigenvalue weighted by atomic mass is 10.2. The largest absolute Gasteiger partial charge is 0.494 e. The fourth-order valence-corrected chi connectivity index (χ4v) is 2.56. The van der Waals surface area contributed by atoms with E-state index in [1.807, 2.05) is 31.2 Å². The van der Waals surface area contributed by atoms with E-state index in [2.05, 4.69) is 20.8 Å². The first-order valence-electron chi connectivity index (χ1n) is 8.16. The maximum atomic E-state index is 13.8. The van der Waals surface area contributed by atoms with Crippen molar-refractivity contribution >= 4 is 34.8 Å². The maximum Gasteiger partial charge on any atom is 0.261 e. The smallest absolute Gasteiger partial charge is 0.261 e. The predicted octanol–water partition coefficient (Wildman–Crippen LogP) is 4.66. The fraction of sp³-hybridized carbons (Fsp3) is 0.105. The van der Waals surface area contributed by atoms with Gasteiger partial charge in [0.15, 0.2) is 11.6 Å². The molecule has 3 rings (SSSR count). The summed E-state index contributed by atoms with van der Waals surface area (Å²) in [5, 5.41) is 13.5. The van der Waals surface area contributed by atoms with Crippen molar-refractivity contribution in [2.75, 3.05) is 17.2 Å². The molecule has 0 unspecified atom stereocenters. The molecule has 2 aromatic carbocycles. The predicted molar refractivity (Wildman–Crippen MR) is 102 cm³/mol. The quantitative estimate of drug-likeness (QED) is 0.644. The number of nitrogens with one attached hydrogen (secondary N) is 2. The fourth-order valence-electron chi connectivity index (χ4n) is 2.31. The van der Waals surface area contributed by atoms with Crippen molar-refractivity contribution in [3.05, 3.63) is 71.0 Å². The molecule has 0 radical (unpaired) electrons. The van der Waals surface area contributed by atoms with Crippen LogP contribution in [-0.4, -0.2) is 22.7 Å². The zero-order valence-corrected chi connectivity index (χ0v) is 15.1. The van der Waals surface area contributed by atoms with Crippen LogP contribution in [0.1, 0.15) is 17.3 Å². The highest BCUT2D eigenvalue weighted by atomic mass is 35.5. The highest BCUT2D eigenvalue weighted by Gasteiger charge is 2.16. The molecule has 0 aliphatic carbocycles. The number of anilines is 3. The Bertz CT molecular complexity index is 913. The molecule has 0 saturated heterocycles. The summed E-state index contributed by atoms with van der Waals surface area (Å²) in [6.07, 6.45) is 0. The van der Waals surface area contributed by atoms with Gasteiger partial charge >= 0.3 is 0 Å². The van der Waals surface area contributed by atoms with Crippen LogP contribution >= 0.6 is 11.6 Å². The Kier molecular flexibility index (Phi) is 5.83. The summed E-state index contributed by atoms with van der Waals surface area (Å²) in [5.74, 6) is 0.0398. The topological polar surface area (TPSA) is 76.1 Å². The van der Waals surface area contributed by atoms with Gasteiger partial charge in [0.2, 0.25) is 0 Å². The van der Waals surface area contributed by atoms with E-state index in [4.69, 9.17) is 16.3 Å². The van der Waals surface area contributed by atoms with Crippen LogP contribution in [0.2, 0.25) is 5.02 Å². The summed E-state index contributed by atoms with van der Waals surface area (Å²) in [4.78, 5) is 12.2. The van der Waals surface area contributed by atoms with Gasteiger partial charge in [-0.15, -0.1) is 10.2 Å². The molecule has 138 valence electrons. The first kappa shape index (κ1) is 18.6. The van der Waals surface area contributed by atoms with E-state index >= 15 is 0 Å². The third kappa shape index (κ3) is 4.71. The Morgan fingerprint density at radius 2 is 1.78 bits per heavy atom. The molecule has 0 spiro atoms. The maximum absolute atomic E-state index is 13.8. The van der Waals surface area contributed by atoms with Crippen LogP contribution in [0.25, 0.3) is 0 Å². The Morgan fingerprint density at radius 1 is 1.07 bits per heavy atom. The Hall–Kier alpha value is -3.19. The van der Waals surface area contributed by atoms with Crippen LogP contribution in [0.3, 0.4) is 0 Å². The van der Waals surface area contributed by atoms with Crippen molar-refractivity contribution in [3.8, 4) is 5.75 Å². The summed E-state index contributed by atoms with van der Waals surface area (Å²) in [6, 6.07) is 14.6. The summed E-state index contributed by atoms with van der Waals surface area (Å²) in [7, 11) is 0. The van der Waals surface area contributed by atoms with Crippen molar-refractivity contribution in [1.82, 2.24) is 10.2 Å². The van der Waals surface area contributed by atoms with Crippen LogP contribution in [0.5, 0.6) is 5.75 Å². The van der Waals surface area contributed by atoms with Crippen molar-refractivity contribution in [1.29, 1.82) is 0 Å². The van der Waals surface area contributed by atoms with Crippen LogP contribution in [0.4, 0.5) is 21.7 Å². The third-order valence-electron chi connectivity index (χ3n) is 3.53. The number of ether oxygens (including phenoxy) is 1. The van der Waals surface area contributed by atoms with E-state index in [0.29, 0.717) is 12.4 Å². The monoisotopic (exact) mass is 386 g/mol. The number of nitrogens with zero attached hydrogens (tertiary/aromatic N) is 2. The average Bonchev–Trinajstić information content (AvgIpc) is 2.65. The molecular weight excluding hydrogens is 371 g/mol. The number of amides is 1. The van der Waals surface area contributed by atoms with Gasteiger partial charge in [-0.3, -0.25) is 4.79 Å². The first-order valence-corrected chi connectivity index (χ1v) is 8.53. The van der Waals surface area contributed by atoms with E-state index in [0.717, 1.165) is 17.5 Å². The molecule has 1 aromatic heterocycles. The van der Waals surface area contributed by atoms with Gasteiger partial charge in [-0.25, -0.2) is 4.39 Å². The highest BCUT2D eigenvalue weighted by Crippen LogP contribution is 2.21. The lowest BCUT2D eigenvalue weighted by Crippen LogP contribution is -2.15. The highest BCUT2D eigenvalue weighted by molar-refractivity contribution is 6.34. The number of carbonyl (C=O) groups excluding carboxylic acids is 1. The van der Waals surface area contributed by atoms with Gasteiger partial charge in [-0.05, 0) is 55.5 Å². The minimum Gasteiger partial charge on any atom is -0.494 e. The molecule has 0 aliphatic rings. The SMILES string of the molecule is CCOc1ccc(Nc2ccc(NC(=O)c3c(F)cccc3Cl)nn2)cc1. The molecule has 3 aromatic rings. The molecule has 0 saturated carbocycles. The number of halogens is 2. The van der Waals surface area contributed by atoms with E-state index in [1.165, 1.54) is 12.1 Å². The summed E-state index contributed by atoms with van der Waals surface area (Å²) in [5.41, 5.74) is 0.570. The Balaban J connectivity index is 1.65. The molecular formula is C19H16ClFN4O2. The number of aromatic nitrogens is 2. The van der Waals surface area contributed by atoms with Crippen LogP contribution in [0.15, 0.2) is 54.6 Å². The molecule has 0 atom stereocenters. The van der Waals surface area contributed by atoms with E-state index < -0.39 is 11.7 Å². The van der Waals surface area contributed by atoms with Crippen LogP contribution < -0.4 is 15.4 Å². The van der Waals surface area contributed by atoms with Crippen molar-refractivity contribution in [2.24, 2.45) is 0 Å². The molecule has 1 heterocycles. The van der Waals surface area contributed by atoms with Gasteiger partial charge in [0, 0.05) is 5.69 Å². The lowest BCUT2D eigenvalue weighted by molar-refractivity contribution is 0.102. The van der Waals surface area contributed by atoms with Crippen molar-refractivity contribution < 1.29 is 13.9 Å². The van der Waals surface area contributed by atoms with Crippen LogP contribution in [0, 0.1) is 5.82 Å². The second kappa shape index (κ2) is 8.46. The molecule has 27 heavy (non-hydrogen) atoms. The van der Waals surface area contributed by atoms with Gasteiger partial charge < -0.3 is 15.4 Å². The van der Waals surface area contributed by atoms with Crippen LogP contribution in [-0.2, 0) is 0 Å². The van der Waals surface area contributed by atoms with Gasteiger partial charge in [-0.2, -0.15) is 0 Å². The Morgan fingerprint density at radius 3 is 2.41 bits per heavy atom. The number of benzene rings is 2. The Labute approximate surface area is 160 Å². The van der Waals surface area contributed by atoms with E-state index in [-0.39, 0.29) is 16.4 Å². The molecule has 0 bridgehead atoms. The zero-order chi connectivity index (χ0) is 19.2. The summed E-state index contributed by atoms with van der Waals surface area (Å²) in [6.45, 7) is 2.52. The number of rotatable bonds is 6. The molecule has 8 heteroatoms. The van der Waals surface area contributed by atoms with Gasteiger partial charge in [0.1, 0.15) is 11.6 Å². The molecule has 1 amide bonds. The number of hydrogen-bond donors (Lipinski definition) is 2. The van der Waals surface area contributed by atoms with E-state index in [9.17, 15) is 9.18 Å².